The van der Waals surface area contributed by atoms with Gasteiger partial charge >= 0.3 is 0 Å². The highest BCUT2D eigenvalue weighted by Gasteiger charge is 2.18. The molecule has 2 aliphatic rings. The lowest BCUT2D eigenvalue weighted by Crippen LogP contribution is -2.03. The first-order chi connectivity index (χ1) is 42.0. The summed E-state index contributed by atoms with van der Waals surface area (Å²) < 4.78 is 0. The third-order valence-electron chi connectivity index (χ3n) is 12.8. The average Bonchev–Trinajstić information content (AvgIpc) is 1.90. The summed E-state index contributed by atoms with van der Waals surface area (Å²) in [5.41, 5.74) is 20.3. The fourth-order valence-corrected chi connectivity index (χ4v) is 8.80. The highest BCUT2D eigenvalue weighted by atomic mass is 16.1. The number of para-hydroxylation sites is 2. The summed E-state index contributed by atoms with van der Waals surface area (Å²) in [4.78, 5) is 21.3. The lowest BCUT2D eigenvalue weighted by Gasteiger charge is -2.00. The number of nitrogens with zero attached hydrogens (tertiary/aromatic N) is 4. The van der Waals surface area contributed by atoms with Crippen LogP contribution >= 0.6 is 0 Å². The Balaban J connectivity index is -0.000000178. The number of aromatic nitrogens is 8. The normalized spacial score (nSPS) is 9.38. The van der Waals surface area contributed by atoms with Crippen molar-refractivity contribution in [3.05, 3.63) is 227 Å². The summed E-state index contributed by atoms with van der Waals surface area (Å²) in [6.45, 7) is 26.2. The molecule has 488 valence electrons. The largest absolute Gasteiger partial charge is 0.384 e. The van der Waals surface area contributed by atoms with Crippen LogP contribution in [0.15, 0.2) is 176 Å². The molecule has 0 spiro atoms. The predicted octanol–water partition coefficient (Wildman–Crippen LogP) is 20.0. The van der Waals surface area contributed by atoms with Gasteiger partial charge in [0.2, 0.25) is 5.91 Å². The van der Waals surface area contributed by atoms with Crippen molar-refractivity contribution in [1.29, 1.82) is 0 Å². The van der Waals surface area contributed by atoms with E-state index >= 15 is 0 Å². The van der Waals surface area contributed by atoms with E-state index in [1.165, 1.54) is 126 Å². The fourth-order valence-electron chi connectivity index (χ4n) is 8.80. The molecule has 12 aromatic rings. The minimum Gasteiger partial charge on any atom is -0.384 e. The second-order valence-electron chi connectivity index (χ2n) is 18.0. The number of benzene rings is 8. The number of rotatable bonds is 0. The number of H-pyrrole nitrogens is 4. The van der Waals surface area contributed by atoms with Crippen molar-refractivity contribution in [3.63, 3.8) is 0 Å². The second kappa shape index (κ2) is 57.5. The van der Waals surface area contributed by atoms with Crippen LogP contribution in [0, 0.1) is 48.5 Å². The van der Waals surface area contributed by atoms with E-state index in [0.717, 1.165) is 50.9 Å². The smallest absolute Gasteiger partial charge is 0.228 e. The number of nitrogens with one attached hydrogen (secondary N) is 6. The van der Waals surface area contributed by atoms with Crippen molar-refractivity contribution in [2.75, 3.05) is 17.2 Å². The van der Waals surface area contributed by atoms with Gasteiger partial charge in [0.05, 0.1) is 90.4 Å². The van der Waals surface area contributed by atoms with Crippen LogP contribution in [0.4, 0.5) is 11.4 Å². The zero-order chi connectivity index (χ0) is 64.4. The Kier molecular flexibility index (Phi) is 60.7. The number of hydrogen-bond acceptors (Lipinski definition) is 6. The maximum atomic E-state index is 10.9. The molecule has 93 heavy (non-hydrogen) atoms. The summed E-state index contributed by atoms with van der Waals surface area (Å²) in [5.74, 6) is 0.106. The molecule has 2 aliphatic heterocycles. The second-order valence-corrected chi connectivity index (χ2v) is 18.0. The maximum Gasteiger partial charge on any atom is 0.228 e. The topological polar surface area (TPSA) is 156 Å². The molecule has 0 atom stereocenters. The number of carbonyl (C=O) groups is 1. The van der Waals surface area contributed by atoms with Gasteiger partial charge < -0.3 is 20.6 Å². The number of imidazole rings is 1. The van der Waals surface area contributed by atoms with Gasteiger partial charge in [-0.3, -0.25) is 9.89 Å². The van der Waals surface area contributed by atoms with Gasteiger partial charge in [0.25, 0.3) is 0 Å². The van der Waals surface area contributed by atoms with E-state index in [1.807, 2.05) is 86.9 Å². The average molecular weight is 1240 g/mol. The Bertz CT molecular complexity index is 3450. The quantitative estimate of drug-likeness (QED) is 0.0831. The van der Waals surface area contributed by atoms with Crippen LogP contribution in [0.1, 0.15) is 102 Å². The lowest BCUT2D eigenvalue weighted by molar-refractivity contribution is -0.115. The van der Waals surface area contributed by atoms with E-state index in [9.17, 15) is 4.79 Å². The molecule has 6 heterocycles. The standard InChI is InChI=1S/C11H10.C9H9NO.C9H11N.C9H9N.2C8H8N2.C7H7N3.7CH3B.7CH4/c1-9-5-4-7-10-6-2-3-8-11(9)10;1-6-3-2-4-8-7(6)5-9(11)10-8;2*1-7-3-2-4-9-8(7)5-6-10-9;1-6-3-2-4-8-7(6)5-9-10-8;1-6-3-2-4-7-8(6)10-5-9-7;1-5-3-2-4-6-7(5)9-10-8-6;7*1-2;;;;;;;/h2-8H,1H3;2-4H,5H2,1H3,(H,10,11);2-4,10H,5-6H2,1H3;2-6,10H,1H3;2*2-5H,1H3,(H,9,10);2-4H,1H3,(H,8,9,10);7*1H3;7*1H4. The molecular formula is C75H111B7N10O. The highest BCUT2D eigenvalue weighted by molar-refractivity contribution is 6.06. The fraction of sp³-hybridized carbons (Fsp3) is 0.320. The van der Waals surface area contributed by atoms with Gasteiger partial charge in [0.15, 0.2) is 0 Å². The Morgan fingerprint density at radius 3 is 1.40 bits per heavy atom. The third-order valence-corrected chi connectivity index (χ3v) is 12.8. The Morgan fingerprint density at radius 2 is 0.860 bits per heavy atom. The predicted molar refractivity (Wildman–Crippen MR) is 427 cm³/mol. The molecule has 8 aromatic carbocycles. The van der Waals surface area contributed by atoms with Gasteiger partial charge in [0, 0.05) is 40.4 Å². The molecule has 6 N–H and O–H groups in total. The number of anilines is 2. The van der Waals surface area contributed by atoms with E-state index < -0.39 is 0 Å². The van der Waals surface area contributed by atoms with E-state index in [2.05, 4.69) is 238 Å². The molecule has 0 saturated heterocycles. The molecular weight excluding hydrogens is 1130 g/mol. The minimum atomic E-state index is 0. The van der Waals surface area contributed by atoms with E-state index in [-0.39, 0.29) is 57.9 Å². The van der Waals surface area contributed by atoms with Crippen molar-refractivity contribution >= 4 is 127 Å². The first kappa shape index (κ1) is 98.2. The first-order valence-electron chi connectivity index (χ1n) is 28.3. The van der Waals surface area contributed by atoms with Crippen LogP contribution in [-0.4, -0.2) is 108 Å². The van der Waals surface area contributed by atoms with Gasteiger partial charge in [-0.05, 0) is 158 Å². The zero-order valence-electron chi connectivity index (χ0n) is 53.1. The van der Waals surface area contributed by atoms with Crippen molar-refractivity contribution in [2.45, 2.75) is 161 Å². The molecule has 14 radical (unpaired) electrons. The Labute approximate surface area is 573 Å². The Hall–Kier alpha value is -8.38. The first-order valence-corrected chi connectivity index (χ1v) is 28.3. The molecule has 0 unspecified atom stereocenters. The molecule has 0 saturated carbocycles. The number of aromatic amines is 4. The summed E-state index contributed by atoms with van der Waals surface area (Å²) in [5, 5.41) is 28.7. The van der Waals surface area contributed by atoms with Crippen LogP contribution in [0.2, 0.25) is 47.8 Å². The molecule has 18 heteroatoms. The third kappa shape index (κ3) is 30.7. The van der Waals surface area contributed by atoms with Crippen molar-refractivity contribution in [1.82, 2.24) is 40.6 Å². The van der Waals surface area contributed by atoms with E-state index in [4.69, 9.17) is 0 Å². The summed E-state index contributed by atoms with van der Waals surface area (Å²) in [6.07, 6.45) is 7.28. The van der Waals surface area contributed by atoms with Crippen LogP contribution < -0.4 is 10.6 Å². The summed E-state index contributed by atoms with van der Waals surface area (Å²) in [7, 11) is 31.5. The molecule has 1 amide bonds. The van der Waals surface area contributed by atoms with Crippen LogP contribution in [-0.2, 0) is 17.6 Å². The molecule has 14 rings (SSSR count). The molecule has 0 bridgehead atoms. The highest BCUT2D eigenvalue weighted by Crippen LogP contribution is 2.26. The molecule has 0 fully saturated rings. The summed E-state index contributed by atoms with van der Waals surface area (Å²) in [6, 6.07) is 53.7. The monoisotopic (exact) mass is 1240 g/mol. The van der Waals surface area contributed by atoms with Gasteiger partial charge in [-0.2, -0.15) is 20.5 Å². The van der Waals surface area contributed by atoms with Gasteiger partial charge in [-0.15, -0.1) is 0 Å². The minimum absolute atomic E-state index is 0. The number of amides is 1. The van der Waals surface area contributed by atoms with Crippen molar-refractivity contribution in [3.8, 4) is 0 Å². The number of hydrogen-bond donors (Lipinski definition) is 6. The van der Waals surface area contributed by atoms with Crippen LogP contribution in [0.3, 0.4) is 0 Å². The van der Waals surface area contributed by atoms with E-state index in [0.29, 0.717) is 6.42 Å². The Morgan fingerprint density at radius 1 is 0.398 bits per heavy atom. The summed E-state index contributed by atoms with van der Waals surface area (Å²) >= 11 is 0. The number of carbonyl (C=O) groups excluding carboxylic acids is 1. The number of fused-ring (bicyclic) bond motifs is 7. The van der Waals surface area contributed by atoms with Gasteiger partial charge in [-0.25, -0.2) is 4.98 Å². The van der Waals surface area contributed by atoms with Crippen LogP contribution in [0.5, 0.6) is 0 Å². The SMILES string of the molecule is C.C.C.C.C.C.C.Cc1cccc2[nH]ccc12.Cc1cccc2[nH]cnc12.Cc1cccc2[nH]ncc12.Cc1cccc2c1CC(=O)N2.Cc1cccc2c1CCN2.Cc1cccc2ccccc12.Cc1cccc2n[nH]nc12.[B]C.[B]C.[B]C.[B]C.[B]C.[B]C.[B]C. The molecule has 0 aliphatic carbocycles. The van der Waals surface area contributed by atoms with Crippen LogP contribution in [0.25, 0.3) is 54.6 Å². The molecule has 11 nitrogen and oxygen atoms in total. The van der Waals surface area contributed by atoms with E-state index in [1.54, 1.807) is 6.33 Å². The maximum absolute atomic E-state index is 10.9. The van der Waals surface area contributed by atoms with Crippen molar-refractivity contribution < 1.29 is 4.79 Å². The van der Waals surface area contributed by atoms with Gasteiger partial charge in [-0.1, -0.05) is 215 Å². The van der Waals surface area contributed by atoms with Gasteiger partial charge in [0.1, 0.15) is 11.0 Å². The van der Waals surface area contributed by atoms with Crippen molar-refractivity contribution in [2.24, 2.45) is 0 Å². The zero-order valence-corrected chi connectivity index (χ0v) is 53.1. The number of aryl methyl sites for hydroxylation is 7. The lowest BCUT2D eigenvalue weighted by atomic mass is 10.1. The molecule has 4 aromatic heterocycles.